The highest BCUT2D eigenvalue weighted by molar-refractivity contribution is 5.26. The van der Waals surface area contributed by atoms with Crippen LogP contribution in [0.15, 0.2) is 24.3 Å². The summed E-state index contributed by atoms with van der Waals surface area (Å²) in [7, 11) is 0. The number of rotatable bonds is 2. The van der Waals surface area contributed by atoms with Crippen LogP contribution in [0.4, 0.5) is 0 Å². The van der Waals surface area contributed by atoms with Crippen LogP contribution >= 0.6 is 0 Å². The Labute approximate surface area is 73.0 Å². The van der Waals surface area contributed by atoms with E-state index in [4.69, 9.17) is 5.73 Å². The molecule has 2 heteroatoms. The van der Waals surface area contributed by atoms with E-state index in [-0.39, 0.29) is 6.04 Å². The topological polar surface area (TPSA) is 46.2 Å². The Kier molecular flexibility index (Phi) is 2.84. The van der Waals surface area contributed by atoms with Gasteiger partial charge in [0.05, 0.1) is 6.10 Å². The molecular formula is C10H15NO. The van der Waals surface area contributed by atoms with Crippen molar-refractivity contribution >= 4 is 0 Å². The van der Waals surface area contributed by atoms with Gasteiger partial charge in [0.2, 0.25) is 0 Å². The highest BCUT2D eigenvalue weighted by atomic mass is 16.3. The van der Waals surface area contributed by atoms with Gasteiger partial charge in [0.25, 0.3) is 0 Å². The zero-order chi connectivity index (χ0) is 9.14. The van der Waals surface area contributed by atoms with Crippen LogP contribution in [0.3, 0.4) is 0 Å². The van der Waals surface area contributed by atoms with E-state index in [9.17, 15) is 5.11 Å². The van der Waals surface area contributed by atoms with Crippen LogP contribution in [0.1, 0.15) is 37.1 Å². The summed E-state index contributed by atoms with van der Waals surface area (Å²) in [5.41, 5.74) is 7.69. The van der Waals surface area contributed by atoms with Gasteiger partial charge in [0.1, 0.15) is 0 Å². The summed E-state index contributed by atoms with van der Waals surface area (Å²) in [5.74, 6) is 0. The van der Waals surface area contributed by atoms with Gasteiger partial charge >= 0.3 is 0 Å². The molecule has 0 saturated carbocycles. The summed E-state index contributed by atoms with van der Waals surface area (Å²) in [5, 5.41) is 9.29. The molecule has 1 aromatic rings. The molecule has 0 aliphatic heterocycles. The quantitative estimate of drug-likeness (QED) is 0.701. The summed E-state index contributed by atoms with van der Waals surface area (Å²) < 4.78 is 0. The van der Waals surface area contributed by atoms with Crippen molar-refractivity contribution in [1.29, 1.82) is 0 Å². The third-order valence-corrected chi connectivity index (χ3v) is 1.92. The van der Waals surface area contributed by atoms with Crippen molar-refractivity contribution in [1.82, 2.24) is 0 Å². The largest absolute Gasteiger partial charge is 0.389 e. The first-order valence-electron chi connectivity index (χ1n) is 4.14. The lowest BCUT2D eigenvalue weighted by molar-refractivity contribution is 0.199. The summed E-state index contributed by atoms with van der Waals surface area (Å²) in [6, 6.07) is 7.76. The Morgan fingerprint density at radius 1 is 1.25 bits per heavy atom. The smallest absolute Gasteiger partial charge is 0.0762 e. The third-order valence-electron chi connectivity index (χ3n) is 1.92. The van der Waals surface area contributed by atoms with Crippen LogP contribution in [0, 0.1) is 0 Å². The average molecular weight is 165 g/mol. The van der Waals surface area contributed by atoms with Crippen molar-refractivity contribution in [3.63, 3.8) is 0 Å². The molecule has 1 aromatic carbocycles. The Morgan fingerprint density at radius 3 is 2.33 bits per heavy atom. The standard InChI is InChI=1S/C10H15NO/c1-7(11)9-4-3-5-10(6-9)8(2)12/h3-8,12H,11H2,1-2H3. The molecule has 2 unspecified atom stereocenters. The number of hydrogen-bond acceptors (Lipinski definition) is 2. The van der Waals surface area contributed by atoms with Gasteiger partial charge in [-0.05, 0) is 25.0 Å². The fourth-order valence-electron chi connectivity index (χ4n) is 1.10. The zero-order valence-electron chi connectivity index (χ0n) is 7.49. The number of aliphatic hydroxyl groups is 1. The molecule has 0 amide bonds. The van der Waals surface area contributed by atoms with E-state index in [2.05, 4.69) is 0 Å². The summed E-state index contributed by atoms with van der Waals surface area (Å²) in [6.45, 7) is 3.68. The second-order valence-corrected chi connectivity index (χ2v) is 3.13. The van der Waals surface area contributed by atoms with Gasteiger partial charge < -0.3 is 10.8 Å². The number of hydrogen-bond donors (Lipinski definition) is 2. The maximum atomic E-state index is 9.29. The molecule has 3 N–H and O–H groups in total. The molecule has 0 fully saturated rings. The monoisotopic (exact) mass is 165 g/mol. The first-order chi connectivity index (χ1) is 5.61. The lowest BCUT2D eigenvalue weighted by Crippen LogP contribution is -2.05. The fraction of sp³-hybridized carbons (Fsp3) is 0.400. The van der Waals surface area contributed by atoms with Gasteiger partial charge in [-0.2, -0.15) is 0 Å². The van der Waals surface area contributed by atoms with Gasteiger partial charge in [-0.15, -0.1) is 0 Å². The SMILES string of the molecule is CC(N)c1cccc(C(C)O)c1. The van der Waals surface area contributed by atoms with E-state index in [1.807, 2.05) is 31.2 Å². The average Bonchev–Trinajstić information content (AvgIpc) is 2.04. The van der Waals surface area contributed by atoms with Crippen LogP contribution in [-0.2, 0) is 0 Å². The predicted molar refractivity (Wildman–Crippen MR) is 49.7 cm³/mol. The Morgan fingerprint density at radius 2 is 1.83 bits per heavy atom. The number of aliphatic hydroxyl groups excluding tert-OH is 1. The van der Waals surface area contributed by atoms with E-state index in [1.54, 1.807) is 6.92 Å². The molecule has 2 nitrogen and oxygen atoms in total. The summed E-state index contributed by atoms with van der Waals surface area (Å²) >= 11 is 0. The molecule has 1 rings (SSSR count). The van der Waals surface area contributed by atoms with Gasteiger partial charge in [0, 0.05) is 6.04 Å². The fourth-order valence-corrected chi connectivity index (χ4v) is 1.10. The molecule has 0 bridgehead atoms. The lowest BCUT2D eigenvalue weighted by Gasteiger charge is -2.09. The van der Waals surface area contributed by atoms with Crippen LogP contribution < -0.4 is 5.73 Å². The van der Waals surface area contributed by atoms with Crippen molar-refractivity contribution < 1.29 is 5.11 Å². The van der Waals surface area contributed by atoms with Crippen LogP contribution in [-0.4, -0.2) is 5.11 Å². The maximum Gasteiger partial charge on any atom is 0.0762 e. The highest BCUT2D eigenvalue weighted by Crippen LogP contribution is 2.16. The van der Waals surface area contributed by atoms with Crippen molar-refractivity contribution in [2.45, 2.75) is 26.0 Å². The second kappa shape index (κ2) is 3.70. The summed E-state index contributed by atoms with van der Waals surface area (Å²) in [4.78, 5) is 0. The number of benzene rings is 1. The first-order valence-corrected chi connectivity index (χ1v) is 4.14. The zero-order valence-corrected chi connectivity index (χ0v) is 7.49. The Hall–Kier alpha value is -0.860. The normalized spacial score (nSPS) is 15.7. The van der Waals surface area contributed by atoms with E-state index in [0.29, 0.717) is 0 Å². The molecule has 0 aromatic heterocycles. The minimum Gasteiger partial charge on any atom is -0.389 e. The lowest BCUT2D eigenvalue weighted by atomic mass is 10.0. The van der Waals surface area contributed by atoms with Crippen molar-refractivity contribution in [2.75, 3.05) is 0 Å². The van der Waals surface area contributed by atoms with Gasteiger partial charge in [-0.1, -0.05) is 24.3 Å². The van der Waals surface area contributed by atoms with E-state index < -0.39 is 6.10 Å². The van der Waals surface area contributed by atoms with Crippen molar-refractivity contribution in [2.24, 2.45) is 5.73 Å². The Bertz CT molecular complexity index is 233. The molecule has 2 atom stereocenters. The first kappa shape index (κ1) is 9.23. The minimum absolute atomic E-state index is 0.0312. The molecule has 0 saturated heterocycles. The third kappa shape index (κ3) is 2.06. The van der Waals surface area contributed by atoms with E-state index in [0.717, 1.165) is 11.1 Å². The van der Waals surface area contributed by atoms with E-state index >= 15 is 0 Å². The highest BCUT2D eigenvalue weighted by Gasteiger charge is 2.03. The number of nitrogens with two attached hydrogens (primary N) is 1. The van der Waals surface area contributed by atoms with Crippen LogP contribution in [0.25, 0.3) is 0 Å². The van der Waals surface area contributed by atoms with Crippen LogP contribution in [0.2, 0.25) is 0 Å². The molecule has 66 valence electrons. The maximum absolute atomic E-state index is 9.29. The minimum atomic E-state index is -0.413. The van der Waals surface area contributed by atoms with E-state index in [1.165, 1.54) is 0 Å². The molecule has 12 heavy (non-hydrogen) atoms. The van der Waals surface area contributed by atoms with Gasteiger partial charge in [0.15, 0.2) is 0 Å². The predicted octanol–water partition coefficient (Wildman–Crippen LogP) is 1.76. The van der Waals surface area contributed by atoms with Crippen molar-refractivity contribution in [3.05, 3.63) is 35.4 Å². The molecule has 0 spiro atoms. The molecule has 0 aliphatic rings. The molecular weight excluding hydrogens is 150 g/mol. The van der Waals surface area contributed by atoms with Gasteiger partial charge in [-0.3, -0.25) is 0 Å². The Balaban J connectivity index is 2.96. The second-order valence-electron chi connectivity index (χ2n) is 3.13. The van der Waals surface area contributed by atoms with Crippen molar-refractivity contribution in [3.8, 4) is 0 Å². The summed E-state index contributed by atoms with van der Waals surface area (Å²) in [6.07, 6.45) is -0.413. The molecule has 0 radical (unpaired) electrons. The molecule has 0 aliphatic carbocycles. The van der Waals surface area contributed by atoms with Crippen LogP contribution in [0.5, 0.6) is 0 Å². The molecule has 0 heterocycles. The van der Waals surface area contributed by atoms with Gasteiger partial charge in [-0.25, -0.2) is 0 Å².